The van der Waals surface area contributed by atoms with Gasteiger partial charge in [-0.25, -0.2) is 9.50 Å². The molecule has 4 rings (SSSR count). The van der Waals surface area contributed by atoms with Crippen LogP contribution < -0.4 is 5.32 Å². The van der Waals surface area contributed by atoms with E-state index in [1.54, 1.807) is 30.8 Å². The summed E-state index contributed by atoms with van der Waals surface area (Å²) in [4.78, 5) is 16.9. The lowest BCUT2D eigenvalue weighted by molar-refractivity contribution is -0.142. The first-order valence-electron chi connectivity index (χ1n) is 9.40. The summed E-state index contributed by atoms with van der Waals surface area (Å²) in [7, 11) is 1.71. The lowest BCUT2D eigenvalue weighted by Gasteiger charge is -2.11. The van der Waals surface area contributed by atoms with Gasteiger partial charge < -0.3 is 5.32 Å². The monoisotopic (exact) mass is 428 g/mol. The van der Waals surface area contributed by atoms with Crippen LogP contribution in [0.1, 0.15) is 33.0 Å². The van der Waals surface area contributed by atoms with Gasteiger partial charge in [-0.15, -0.1) is 0 Å². The lowest BCUT2D eigenvalue weighted by atomic mass is 10.0. The number of hydrogen-bond donors (Lipinski definition) is 1. The van der Waals surface area contributed by atoms with E-state index in [2.05, 4.69) is 20.5 Å². The Morgan fingerprint density at radius 2 is 1.81 bits per heavy atom. The molecule has 10 heteroatoms. The van der Waals surface area contributed by atoms with Gasteiger partial charge in [-0.2, -0.15) is 23.4 Å². The number of aryl methyl sites for hydroxylation is 3. The second-order valence-electron chi connectivity index (χ2n) is 7.34. The van der Waals surface area contributed by atoms with Gasteiger partial charge >= 0.3 is 6.18 Å². The minimum absolute atomic E-state index is 0.0730. The van der Waals surface area contributed by atoms with Crippen LogP contribution in [0.4, 0.5) is 18.9 Å². The van der Waals surface area contributed by atoms with Crippen LogP contribution in [-0.2, 0) is 13.2 Å². The highest BCUT2D eigenvalue weighted by atomic mass is 19.4. The quantitative estimate of drug-likeness (QED) is 0.527. The van der Waals surface area contributed by atoms with Crippen LogP contribution in [0, 0.1) is 20.8 Å². The molecule has 31 heavy (non-hydrogen) atoms. The number of carbonyl (C=O) groups is 1. The molecular formula is C21H19F3N6O. The van der Waals surface area contributed by atoms with E-state index in [1.165, 1.54) is 12.3 Å². The Hall–Kier alpha value is -3.69. The Kier molecular flexibility index (Phi) is 4.79. The number of anilines is 1. The van der Waals surface area contributed by atoms with Crippen molar-refractivity contribution in [1.29, 1.82) is 0 Å². The molecule has 0 unspecified atom stereocenters. The van der Waals surface area contributed by atoms with Crippen molar-refractivity contribution in [3.05, 3.63) is 64.7 Å². The number of benzene rings is 1. The fourth-order valence-corrected chi connectivity index (χ4v) is 3.14. The van der Waals surface area contributed by atoms with Crippen molar-refractivity contribution in [2.45, 2.75) is 26.9 Å². The molecule has 1 aromatic carbocycles. The third-order valence-electron chi connectivity index (χ3n) is 5.24. The maximum atomic E-state index is 13.8. The summed E-state index contributed by atoms with van der Waals surface area (Å²) in [6, 6.07) is 7.51. The maximum Gasteiger partial charge on any atom is 0.433 e. The molecule has 0 aliphatic rings. The standard InChI is InChI=1S/C21H19F3N6O/c1-11-5-6-14(7-12(11)2)15-8-18(21(22,23)24)30-19(26-15)9-16(28-30)20(31)27-17-10-25-29(4)13(17)3/h5-10H,1-4H3,(H,27,31). The van der Waals surface area contributed by atoms with Crippen LogP contribution in [-0.4, -0.2) is 30.3 Å². The number of alkyl halides is 3. The third-order valence-corrected chi connectivity index (χ3v) is 5.24. The smallest absolute Gasteiger partial charge is 0.318 e. The molecule has 160 valence electrons. The number of carbonyl (C=O) groups excluding carboxylic acids is 1. The number of nitrogens with zero attached hydrogens (tertiary/aromatic N) is 5. The van der Waals surface area contributed by atoms with E-state index in [0.717, 1.165) is 17.2 Å². The zero-order chi connectivity index (χ0) is 22.5. The fraction of sp³-hybridized carbons (Fsp3) is 0.238. The van der Waals surface area contributed by atoms with Gasteiger partial charge in [0.2, 0.25) is 0 Å². The predicted molar refractivity (Wildman–Crippen MR) is 109 cm³/mol. The Morgan fingerprint density at radius 1 is 1.06 bits per heavy atom. The van der Waals surface area contributed by atoms with Crippen LogP contribution in [0.2, 0.25) is 0 Å². The van der Waals surface area contributed by atoms with Crippen LogP contribution in [0.15, 0.2) is 36.5 Å². The molecule has 3 heterocycles. The van der Waals surface area contributed by atoms with Crippen LogP contribution in [0.3, 0.4) is 0 Å². The minimum Gasteiger partial charge on any atom is -0.318 e. The molecule has 3 aromatic heterocycles. The molecule has 1 N–H and O–H groups in total. The van der Waals surface area contributed by atoms with Gasteiger partial charge in [0.05, 0.1) is 23.3 Å². The Balaban J connectivity index is 1.81. The minimum atomic E-state index is -4.69. The van der Waals surface area contributed by atoms with Crippen molar-refractivity contribution in [3.63, 3.8) is 0 Å². The van der Waals surface area contributed by atoms with E-state index in [9.17, 15) is 18.0 Å². The number of hydrogen-bond acceptors (Lipinski definition) is 4. The Labute approximate surface area is 175 Å². The zero-order valence-electron chi connectivity index (χ0n) is 17.2. The summed E-state index contributed by atoms with van der Waals surface area (Å²) >= 11 is 0. The maximum absolute atomic E-state index is 13.8. The molecule has 7 nitrogen and oxygen atoms in total. The SMILES string of the molecule is Cc1ccc(-c2cc(C(F)(F)F)n3nc(C(=O)Nc4cnn(C)c4C)cc3n2)cc1C. The number of amides is 1. The van der Waals surface area contributed by atoms with E-state index < -0.39 is 17.8 Å². The van der Waals surface area contributed by atoms with Crippen molar-refractivity contribution in [2.75, 3.05) is 5.32 Å². The highest BCUT2D eigenvalue weighted by Gasteiger charge is 2.35. The van der Waals surface area contributed by atoms with Gasteiger partial charge in [-0.1, -0.05) is 12.1 Å². The zero-order valence-corrected chi connectivity index (χ0v) is 17.2. The second kappa shape index (κ2) is 7.22. The van der Waals surface area contributed by atoms with Gasteiger partial charge in [-0.05, 0) is 44.0 Å². The molecule has 0 aliphatic carbocycles. The van der Waals surface area contributed by atoms with E-state index in [-0.39, 0.29) is 17.0 Å². The van der Waals surface area contributed by atoms with Crippen LogP contribution >= 0.6 is 0 Å². The van der Waals surface area contributed by atoms with E-state index in [1.807, 2.05) is 19.9 Å². The summed E-state index contributed by atoms with van der Waals surface area (Å²) in [5, 5.41) is 10.5. The van der Waals surface area contributed by atoms with Crippen molar-refractivity contribution in [2.24, 2.45) is 7.05 Å². The van der Waals surface area contributed by atoms with Crippen molar-refractivity contribution in [1.82, 2.24) is 24.4 Å². The molecular weight excluding hydrogens is 409 g/mol. The van der Waals surface area contributed by atoms with Crippen molar-refractivity contribution < 1.29 is 18.0 Å². The highest BCUT2D eigenvalue weighted by molar-refractivity contribution is 6.03. The average Bonchev–Trinajstić information content (AvgIpc) is 3.27. The Morgan fingerprint density at radius 3 is 2.42 bits per heavy atom. The Bertz CT molecular complexity index is 1320. The summed E-state index contributed by atoms with van der Waals surface area (Å²) in [6.07, 6.45) is -3.23. The summed E-state index contributed by atoms with van der Waals surface area (Å²) in [6.45, 7) is 5.55. The first-order valence-corrected chi connectivity index (χ1v) is 9.40. The molecule has 0 atom stereocenters. The summed E-state index contributed by atoms with van der Waals surface area (Å²) in [5.41, 5.74) is 2.54. The fourth-order valence-electron chi connectivity index (χ4n) is 3.14. The first-order chi connectivity index (χ1) is 14.5. The molecule has 0 spiro atoms. The van der Waals surface area contributed by atoms with Crippen LogP contribution in [0.25, 0.3) is 16.9 Å². The van der Waals surface area contributed by atoms with Gasteiger partial charge in [-0.3, -0.25) is 9.48 Å². The molecule has 0 radical (unpaired) electrons. The molecule has 1 amide bonds. The first kappa shape index (κ1) is 20.6. The predicted octanol–water partition coefficient (Wildman–Crippen LogP) is 4.33. The van der Waals surface area contributed by atoms with E-state index >= 15 is 0 Å². The lowest BCUT2D eigenvalue weighted by Crippen LogP contribution is -2.16. The molecule has 0 saturated heterocycles. The molecule has 0 fully saturated rings. The molecule has 4 aromatic rings. The summed E-state index contributed by atoms with van der Waals surface area (Å²) < 4.78 is 43.5. The number of rotatable bonds is 3. The number of halogens is 3. The van der Waals surface area contributed by atoms with Gasteiger partial charge in [0, 0.05) is 18.7 Å². The average molecular weight is 428 g/mol. The largest absolute Gasteiger partial charge is 0.433 e. The summed E-state index contributed by atoms with van der Waals surface area (Å²) in [5.74, 6) is -0.651. The highest BCUT2D eigenvalue weighted by Crippen LogP contribution is 2.32. The van der Waals surface area contributed by atoms with Gasteiger partial charge in [0.15, 0.2) is 17.0 Å². The number of nitrogens with one attached hydrogen (secondary N) is 1. The third kappa shape index (κ3) is 3.76. The second-order valence-corrected chi connectivity index (χ2v) is 7.34. The van der Waals surface area contributed by atoms with E-state index in [0.29, 0.717) is 21.5 Å². The van der Waals surface area contributed by atoms with Crippen LogP contribution in [0.5, 0.6) is 0 Å². The topological polar surface area (TPSA) is 77.1 Å². The van der Waals surface area contributed by atoms with E-state index in [4.69, 9.17) is 0 Å². The number of aromatic nitrogens is 5. The molecule has 0 bridgehead atoms. The van der Waals surface area contributed by atoms with Gasteiger partial charge in [0.1, 0.15) is 0 Å². The molecule has 0 saturated carbocycles. The van der Waals surface area contributed by atoms with Gasteiger partial charge in [0.25, 0.3) is 5.91 Å². The van der Waals surface area contributed by atoms with Crippen molar-refractivity contribution in [3.8, 4) is 11.3 Å². The molecule has 0 aliphatic heterocycles. The van der Waals surface area contributed by atoms with Crippen molar-refractivity contribution >= 4 is 17.2 Å². The number of fused-ring (bicyclic) bond motifs is 1. The normalized spacial score (nSPS) is 11.8.